The van der Waals surface area contributed by atoms with Crippen molar-refractivity contribution in [2.24, 2.45) is 0 Å². The molecule has 0 unspecified atom stereocenters. The third-order valence-electron chi connectivity index (χ3n) is 4.99. The lowest BCUT2D eigenvalue weighted by Gasteiger charge is -2.36. The number of amides is 1. The van der Waals surface area contributed by atoms with Crippen LogP contribution in [0.4, 0.5) is 16.2 Å². The van der Waals surface area contributed by atoms with Crippen molar-refractivity contribution in [1.82, 2.24) is 4.31 Å². The lowest BCUT2D eigenvalue weighted by Crippen LogP contribution is -2.48. The van der Waals surface area contributed by atoms with Crippen LogP contribution in [0.15, 0.2) is 47.4 Å². The van der Waals surface area contributed by atoms with Crippen LogP contribution in [0.5, 0.6) is 11.5 Å². The molecule has 0 atom stereocenters. The van der Waals surface area contributed by atoms with Gasteiger partial charge in [-0.1, -0.05) is 12.1 Å². The average Bonchev–Trinajstić information content (AvgIpc) is 2.79. The number of carbonyl (C=O) groups excluding carboxylic acids is 1. The lowest BCUT2D eigenvalue weighted by molar-refractivity contribution is 0.168. The van der Waals surface area contributed by atoms with Crippen LogP contribution in [0.1, 0.15) is 6.92 Å². The molecule has 10 heteroatoms. The Morgan fingerprint density at radius 3 is 2.32 bits per heavy atom. The monoisotopic (exact) mass is 449 g/mol. The SMILES string of the molecule is CCOC(=O)Nc1cc(S(=O)(=O)N2CCN(c3ccccc3OC)CC2)ccc1OC. The van der Waals surface area contributed by atoms with Gasteiger partial charge in [0.25, 0.3) is 0 Å². The van der Waals surface area contributed by atoms with Crippen LogP contribution in [0.25, 0.3) is 0 Å². The van der Waals surface area contributed by atoms with E-state index in [-0.39, 0.29) is 17.2 Å². The first-order valence-corrected chi connectivity index (χ1v) is 11.3. The molecule has 1 saturated heterocycles. The number of nitrogens with one attached hydrogen (secondary N) is 1. The van der Waals surface area contributed by atoms with E-state index in [1.807, 2.05) is 24.3 Å². The Hall–Kier alpha value is -2.98. The smallest absolute Gasteiger partial charge is 0.411 e. The molecule has 0 aromatic heterocycles. The van der Waals surface area contributed by atoms with Crippen molar-refractivity contribution in [2.45, 2.75) is 11.8 Å². The normalized spacial score (nSPS) is 14.7. The summed E-state index contributed by atoms with van der Waals surface area (Å²) in [4.78, 5) is 14.0. The zero-order valence-corrected chi connectivity index (χ0v) is 18.6. The molecule has 0 bridgehead atoms. The molecule has 1 amide bonds. The Morgan fingerprint density at radius 1 is 1.00 bits per heavy atom. The van der Waals surface area contributed by atoms with Gasteiger partial charge in [-0.2, -0.15) is 4.31 Å². The molecule has 1 N–H and O–H groups in total. The number of para-hydroxylation sites is 2. The Kier molecular flexibility index (Phi) is 7.24. The first kappa shape index (κ1) is 22.7. The molecule has 0 aliphatic carbocycles. The predicted molar refractivity (Wildman–Crippen MR) is 118 cm³/mol. The van der Waals surface area contributed by atoms with E-state index in [1.54, 1.807) is 14.0 Å². The quantitative estimate of drug-likeness (QED) is 0.694. The summed E-state index contributed by atoms with van der Waals surface area (Å²) < 4.78 is 43.4. The summed E-state index contributed by atoms with van der Waals surface area (Å²) in [6, 6.07) is 12.0. The van der Waals surface area contributed by atoms with Crippen LogP contribution in [-0.2, 0) is 14.8 Å². The van der Waals surface area contributed by atoms with E-state index in [9.17, 15) is 13.2 Å². The van der Waals surface area contributed by atoms with Gasteiger partial charge in [0.05, 0.1) is 37.1 Å². The Balaban J connectivity index is 1.77. The molecule has 31 heavy (non-hydrogen) atoms. The number of ether oxygens (including phenoxy) is 3. The van der Waals surface area contributed by atoms with Crippen LogP contribution in [0, 0.1) is 0 Å². The third-order valence-corrected chi connectivity index (χ3v) is 6.88. The maximum atomic E-state index is 13.2. The number of sulfonamides is 1. The molecular formula is C21H27N3O6S. The number of methoxy groups -OCH3 is 2. The van der Waals surface area contributed by atoms with Gasteiger partial charge in [-0.25, -0.2) is 13.2 Å². The zero-order valence-electron chi connectivity index (χ0n) is 17.8. The maximum Gasteiger partial charge on any atom is 0.411 e. The third kappa shape index (κ3) is 5.02. The summed E-state index contributed by atoms with van der Waals surface area (Å²) in [6.45, 7) is 3.60. The molecule has 1 fully saturated rings. The highest BCUT2D eigenvalue weighted by atomic mass is 32.2. The maximum absolute atomic E-state index is 13.2. The van der Waals surface area contributed by atoms with Gasteiger partial charge >= 0.3 is 6.09 Å². The van der Waals surface area contributed by atoms with E-state index < -0.39 is 16.1 Å². The standard InChI is InChI=1S/C21H27N3O6S/c1-4-30-21(25)22-17-15-16(9-10-19(17)28-2)31(26,27)24-13-11-23(12-14-24)18-7-5-6-8-20(18)29-3/h5-10,15H,4,11-14H2,1-3H3,(H,22,25). The Labute approximate surface area is 182 Å². The van der Waals surface area contributed by atoms with Crippen LogP contribution >= 0.6 is 0 Å². The highest BCUT2D eigenvalue weighted by Gasteiger charge is 2.30. The Morgan fingerprint density at radius 2 is 1.68 bits per heavy atom. The second-order valence-electron chi connectivity index (χ2n) is 6.77. The molecule has 2 aromatic carbocycles. The summed E-state index contributed by atoms with van der Waals surface area (Å²) in [5.41, 5.74) is 1.17. The van der Waals surface area contributed by atoms with Gasteiger partial charge < -0.3 is 19.1 Å². The molecule has 0 spiro atoms. The molecule has 1 aliphatic rings. The highest BCUT2D eigenvalue weighted by Crippen LogP contribution is 2.31. The predicted octanol–water partition coefficient (Wildman–Crippen LogP) is 2.78. The van der Waals surface area contributed by atoms with Crippen LogP contribution in [-0.4, -0.2) is 65.8 Å². The molecule has 3 rings (SSSR count). The van der Waals surface area contributed by atoms with Crippen molar-refractivity contribution in [3.8, 4) is 11.5 Å². The highest BCUT2D eigenvalue weighted by molar-refractivity contribution is 7.89. The van der Waals surface area contributed by atoms with Gasteiger partial charge in [-0.15, -0.1) is 0 Å². The lowest BCUT2D eigenvalue weighted by atomic mass is 10.2. The van der Waals surface area contributed by atoms with Gasteiger partial charge in [0.15, 0.2) is 0 Å². The molecule has 168 valence electrons. The minimum Gasteiger partial charge on any atom is -0.495 e. The van der Waals surface area contributed by atoms with Crippen LogP contribution in [0.3, 0.4) is 0 Å². The minimum absolute atomic E-state index is 0.0749. The topological polar surface area (TPSA) is 97.4 Å². The number of nitrogens with zero attached hydrogens (tertiary/aromatic N) is 2. The Bertz CT molecular complexity index is 1020. The van der Waals surface area contributed by atoms with Crippen molar-refractivity contribution in [1.29, 1.82) is 0 Å². The average molecular weight is 450 g/mol. The number of piperazine rings is 1. The summed E-state index contributed by atoms with van der Waals surface area (Å²) in [5, 5.41) is 2.53. The summed E-state index contributed by atoms with van der Waals surface area (Å²) >= 11 is 0. The fraction of sp³-hybridized carbons (Fsp3) is 0.381. The minimum atomic E-state index is -3.75. The number of benzene rings is 2. The summed E-state index contributed by atoms with van der Waals surface area (Å²) in [5.74, 6) is 1.09. The second-order valence-corrected chi connectivity index (χ2v) is 8.71. The first-order chi connectivity index (χ1) is 14.9. The van der Waals surface area contributed by atoms with Gasteiger partial charge in [0.2, 0.25) is 10.0 Å². The van der Waals surface area contributed by atoms with Crippen molar-refractivity contribution in [2.75, 3.05) is 57.2 Å². The van der Waals surface area contributed by atoms with Crippen molar-refractivity contribution in [3.05, 3.63) is 42.5 Å². The number of hydrogen-bond donors (Lipinski definition) is 1. The van der Waals surface area contributed by atoms with Crippen LogP contribution in [0.2, 0.25) is 0 Å². The number of hydrogen-bond acceptors (Lipinski definition) is 7. The number of carbonyl (C=O) groups is 1. The fourth-order valence-corrected chi connectivity index (χ4v) is 4.88. The van der Waals surface area contributed by atoms with E-state index in [2.05, 4.69) is 10.2 Å². The van der Waals surface area contributed by atoms with Crippen LogP contribution < -0.4 is 19.7 Å². The molecular weight excluding hydrogens is 422 g/mol. The van der Waals surface area contributed by atoms with E-state index in [0.29, 0.717) is 31.9 Å². The number of rotatable bonds is 7. The molecule has 9 nitrogen and oxygen atoms in total. The van der Waals surface area contributed by atoms with Gasteiger partial charge in [-0.3, -0.25) is 5.32 Å². The first-order valence-electron chi connectivity index (χ1n) is 9.90. The number of anilines is 2. The molecule has 0 radical (unpaired) electrons. The van der Waals surface area contributed by atoms with E-state index in [0.717, 1.165) is 11.4 Å². The molecule has 1 heterocycles. The molecule has 0 saturated carbocycles. The van der Waals surface area contributed by atoms with Crippen molar-refractivity contribution >= 4 is 27.5 Å². The zero-order chi connectivity index (χ0) is 22.4. The van der Waals surface area contributed by atoms with E-state index in [1.165, 1.54) is 29.6 Å². The van der Waals surface area contributed by atoms with Gasteiger partial charge in [0, 0.05) is 26.2 Å². The van der Waals surface area contributed by atoms with E-state index in [4.69, 9.17) is 14.2 Å². The van der Waals surface area contributed by atoms with E-state index >= 15 is 0 Å². The second kappa shape index (κ2) is 9.88. The largest absolute Gasteiger partial charge is 0.495 e. The van der Waals surface area contributed by atoms with Gasteiger partial charge in [-0.05, 0) is 37.3 Å². The van der Waals surface area contributed by atoms with Gasteiger partial charge in [0.1, 0.15) is 11.5 Å². The van der Waals surface area contributed by atoms with Crippen molar-refractivity contribution < 1.29 is 27.4 Å². The van der Waals surface area contributed by atoms with Crippen molar-refractivity contribution in [3.63, 3.8) is 0 Å². The molecule has 1 aliphatic heterocycles. The summed E-state index contributed by atoms with van der Waals surface area (Å²) in [7, 11) is -0.694. The summed E-state index contributed by atoms with van der Waals surface area (Å²) in [6.07, 6.45) is -0.680. The fourth-order valence-electron chi connectivity index (χ4n) is 3.43. The molecule has 2 aromatic rings.